The average Bonchev–Trinajstić information content (AvgIpc) is 3.39. The van der Waals surface area contributed by atoms with E-state index in [0.717, 1.165) is 17.7 Å². The minimum absolute atomic E-state index is 0.0297. The van der Waals surface area contributed by atoms with Crippen molar-refractivity contribution in [3.63, 3.8) is 0 Å². The van der Waals surface area contributed by atoms with Crippen molar-refractivity contribution in [2.45, 2.75) is 19.5 Å². The van der Waals surface area contributed by atoms with Crippen molar-refractivity contribution in [3.05, 3.63) is 94.9 Å². The molecule has 33 heavy (non-hydrogen) atoms. The van der Waals surface area contributed by atoms with E-state index in [0.29, 0.717) is 6.54 Å². The van der Waals surface area contributed by atoms with Crippen LogP contribution in [-0.2, 0) is 19.5 Å². The summed E-state index contributed by atoms with van der Waals surface area (Å²) in [5, 5.41) is 11.2. The molecule has 11 heteroatoms. The molecule has 1 N–H and O–H groups in total. The maximum Gasteiger partial charge on any atom is 0.416 e. The fourth-order valence-corrected chi connectivity index (χ4v) is 3.16. The van der Waals surface area contributed by atoms with Gasteiger partial charge in [0.15, 0.2) is 18.2 Å². The fourth-order valence-electron chi connectivity index (χ4n) is 2.96. The highest BCUT2D eigenvalue weighted by molar-refractivity contribution is 6.33. The lowest BCUT2D eigenvalue weighted by Crippen LogP contribution is -2.15. The van der Waals surface area contributed by atoms with Gasteiger partial charge in [0.2, 0.25) is 0 Å². The number of hydrogen-bond acceptors (Lipinski definition) is 4. The molecular weight excluding hydrogens is 459 g/mol. The Morgan fingerprint density at radius 3 is 2.58 bits per heavy atom. The molecule has 0 spiro atoms. The number of carbonyl (C=O) groups excluding carboxylic acids is 1. The second-order valence-electron chi connectivity index (χ2n) is 7.00. The minimum Gasteiger partial charge on any atom is -0.471 e. The van der Waals surface area contributed by atoms with Crippen molar-refractivity contribution in [2.75, 3.05) is 5.32 Å². The van der Waals surface area contributed by atoms with Crippen LogP contribution in [0.3, 0.4) is 0 Å². The van der Waals surface area contributed by atoms with Crippen molar-refractivity contribution >= 4 is 23.3 Å². The number of carbonyl (C=O) groups is 1. The molecular formula is C22H17ClF3N5O2. The zero-order chi connectivity index (χ0) is 23.4. The Hall–Kier alpha value is -3.79. The van der Waals surface area contributed by atoms with Crippen molar-refractivity contribution in [1.82, 2.24) is 19.6 Å². The highest BCUT2D eigenvalue weighted by atomic mass is 35.5. The largest absolute Gasteiger partial charge is 0.471 e. The molecule has 0 fully saturated rings. The summed E-state index contributed by atoms with van der Waals surface area (Å²) >= 11 is 6.19. The lowest BCUT2D eigenvalue weighted by atomic mass is 10.2. The van der Waals surface area contributed by atoms with Gasteiger partial charge in [-0.25, -0.2) is 4.68 Å². The maximum atomic E-state index is 12.8. The number of aromatic nitrogens is 4. The topological polar surface area (TPSA) is 74.0 Å². The van der Waals surface area contributed by atoms with Gasteiger partial charge in [-0.2, -0.15) is 23.4 Å². The molecule has 0 saturated heterocycles. The summed E-state index contributed by atoms with van der Waals surface area (Å²) in [6.45, 7) is 0.305. The number of amides is 1. The van der Waals surface area contributed by atoms with E-state index in [1.165, 1.54) is 29.1 Å². The van der Waals surface area contributed by atoms with Crippen LogP contribution in [0.25, 0.3) is 0 Å². The van der Waals surface area contributed by atoms with Crippen LogP contribution in [0.5, 0.6) is 5.75 Å². The molecule has 2 aromatic heterocycles. The molecule has 0 radical (unpaired) electrons. The van der Waals surface area contributed by atoms with Gasteiger partial charge in [-0.15, -0.1) is 0 Å². The Kier molecular flexibility index (Phi) is 6.36. The van der Waals surface area contributed by atoms with Crippen LogP contribution < -0.4 is 10.1 Å². The van der Waals surface area contributed by atoms with Crippen LogP contribution in [0.15, 0.2) is 73.1 Å². The van der Waals surface area contributed by atoms with E-state index in [1.807, 2.05) is 30.3 Å². The van der Waals surface area contributed by atoms with Crippen molar-refractivity contribution in [1.29, 1.82) is 0 Å². The molecule has 4 aromatic rings. The number of benzene rings is 2. The number of nitrogens with zero attached hydrogens (tertiary/aromatic N) is 4. The molecule has 0 atom stereocenters. The fraction of sp³-hybridized carbons (Fsp3) is 0.136. The van der Waals surface area contributed by atoms with Crippen LogP contribution in [0.4, 0.5) is 19.0 Å². The summed E-state index contributed by atoms with van der Waals surface area (Å²) in [5.41, 5.74) is 0.273. The monoisotopic (exact) mass is 475 g/mol. The van der Waals surface area contributed by atoms with Gasteiger partial charge in [-0.05, 0) is 29.8 Å². The Bertz CT molecular complexity index is 1250. The molecule has 0 aliphatic heterocycles. The van der Waals surface area contributed by atoms with E-state index in [1.54, 1.807) is 10.9 Å². The quantitative estimate of drug-likeness (QED) is 0.404. The number of hydrogen-bond donors (Lipinski definition) is 1. The first-order valence-corrected chi connectivity index (χ1v) is 10.1. The second kappa shape index (κ2) is 9.37. The van der Waals surface area contributed by atoms with E-state index in [2.05, 4.69) is 15.5 Å². The molecule has 4 rings (SSSR count). The molecule has 7 nitrogen and oxygen atoms in total. The Balaban J connectivity index is 1.37. The van der Waals surface area contributed by atoms with E-state index < -0.39 is 17.6 Å². The van der Waals surface area contributed by atoms with Gasteiger partial charge in [0.05, 0.1) is 12.1 Å². The Morgan fingerprint density at radius 1 is 1.03 bits per heavy atom. The molecule has 0 aliphatic rings. The summed E-state index contributed by atoms with van der Waals surface area (Å²) in [6.07, 6.45) is -1.39. The summed E-state index contributed by atoms with van der Waals surface area (Å²) in [6, 6.07) is 15.6. The first kappa shape index (κ1) is 22.4. The second-order valence-corrected chi connectivity index (χ2v) is 7.41. The lowest BCUT2D eigenvalue weighted by molar-refractivity contribution is -0.137. The van der Waals surface area contributed by atoms with Gasteiger partial charge in [0.1, 0.15) is 10.8 Å². The number of alkyl halides is 3. The van der Waals surface area contributed by atoms with Gasteiger partial charge < -0.3 is 10.1 Å². The Morgan fingerprint density at radius 2 is 1.82 bits per heavy atom. The lowest BCUT2D eigenvalue weighted by Gasteiger charge is -2.10. The van der Waals surface area contributed by atoms with E-state index in [-0.39, 0.29) is 29.0 Å². The molecule has 0 saturated carbocycles. The minimum atomic E-state index is -4.47. The third-order valence-electron chi connectivity index (χ3n) is 4.53. The summed E-state index contributed by atoms with van der Waals surface area (Å²) < 4.78 is 46.7. The normalized spacial score (nSPS) is 11.4. The van der Waals surface area contributed by atoms with Gasteiger partial charge in [-0.3, -0.25) is 9.48 Å². The first-order valence-electron chi connectivity index (χ1n) is 9.70. The van der Waals surface area contributed by atoms with E-state index in [4.69, 9.17) is 16.3 Å². The SMILES string of the molecule is O=C(Nc1nn(Cc2ccccc2)cc1Cl)c1ccn(COc2cccc(C(F)(F)F)c2)n1. The maximum absolute atomic E-state index is 12.8. The number of halogens is 4. The molecule has 170 valence electrons. The number of anilines is 1. The smallest absolute Gasteiger partial charge is 0.416 e. The molecule has 2 heterocycles. The van der Waals surface area contributed by atoms with Crippen LogP contribution in [-0.4, -0.2) is 25.5 Å². The highest BCUT2D eigenvalue weighted by Crippen LogP contribution is 2.31. The molecule has 2 aromatic carbocycles. The molecule has 0 unspecified atom stereocenters. The zero-order valence-electron chi connectivity index (χ0n) is 17.0. The van der Waals surface area contributed by atoms with Crippen molar-refractivity contribution in [2.24, 2.45) is 0 Å². The third-order valence-corrected chi connectivity index (χ3v) is 4.81. The van der Waals surface area contributed by atoms with Gasteiger partial charge >= 0.3 is 6.18 Å². The summed E-state index contributed by atoms with van der Waals surface area (Å²) in [5.74, 6) is -0.325. The van der Waals surface area contributed by atoms with Gasteiger partial charge in [0, 0.05) is 12.4 Å². The van der Waals surface area contributed by atoms with Gasteiger partial charge in [0.25, 0.3) is 5.91 Å². The van der Waals surface area contributed by atoms with Crippen molar-refractivity contribution in [3.8, 4) is 5.75 Å². The Labute approximate surface area is 191 Å². The standard InChI is InChI=1S/C22H17ClF3N5O2/c23-18-13-31(12-15-5-2-1-3-6-15)29-20(18)27-21(32)19-9-10-30(28-19)14-33-17-8-4-7-16(11-17)22(24,25)26/h1-11,13H,12,14H2,(H,27,29,32). The highest BCUT2D eigenvalue weighted by Gasteiger charge is 2.30. The van der Waals surface area contributed by atoms with Crippen LogP contribution in [0, 0.1) is 0 Å². The molecule has 0 aliphatic carbocycles. The van der Waals surface area contributed by atoms with Crippen molar-refractivity contribution < 1.29 is 22.7 Å². The zero-order valence-corrected chi connectivity index (χ0v) is 17.7. The van der Waals surface area contributed by atoms with E-state index in [9.17, 15) is 18.0 Å². The van der Waals surface area contributed by atoms with Crippen LogP contribution in [0.2, 0.25) is 5.02 Å². The van der Waals surface area contributed by atoms with Crippen LogP contribution in [0.1, 0.15) is 21.6 Å². The summed E-state index contributed by atoms with van der Waals surface area (Å²) in [4.78, 5) is 12.5. The third kappa shape index (κ3) is 5.72. The summed E-state index contributed by atoms with van der Waals surface area (Å²) in [7, 11) is 0. The number of rotatable bonds is 7. The number of nitrogens with one attached hydrogen (secondary N) is 1. The predicted molar refractivity (Wildman–Crippen MR) is 115 cm³/mol. The van der Waals surface area contributed by atoms with Crippen LogP contribution >= 0.6 is 11.6 Å². The average molecular weight is 476 g/mol. The predicted octanol–water partition coefficient (Wildman–Crippen LogP) is 5.09. The van der Waals surface area contributed by atoms with Gasteiger partial charge in [-0.1, -0.05) is 48.0 Å². The van der Waals surface area contributed by atoms with E-state index >= 15 is 0 Å². The first-order chi connectivity index (χ1) is 15.8. The number of ether oxygens (including phenoxy) is 1. The molecule has 1 amide bonds. The molecule has 0 bridgehead atoms.